The molecule has 556 valence electrons. The lowest BCUT2D eigenvalue weighted by atomic mass is 9.99. The van der Waals surface area contributed by atoms with E-state index in [0.29, 0.717) is 19.4 Å². The Morgan fingerprint density at radius 1 is 0.389 bits per heavy atom. The lowest BCUT2D eigenvalue weighted by Gasteiger charge is -2.40. The van der Waals surface area contributed by atoms with E-state index in [1.165, 1.54) is 302 Å². The van der Waals surface area contributed by atoms with Crippen LogP contribution in [0.2, 0.25) is 0 Å². The third-order valence-electron chi connectivity index (χ3n) is 19.3. The van der Waals surface area contributed by atoms with E-state index in [0.717, 1.165) is 70.6 Å². The molecule has 0 spiro atoms. The number of amides is 1. The molecule has 1 amide bonds. The number of rotatable bonds is 73. The number of nitrogens with one attached hydrogen (secondary N) is 1. The lowest BCUT2D eigenvalue weighted by molar-refractivity contribution is -0.302. The van der Waals surface area contributed by atoms with Crippen LogP contribution in [-0.4, -0.2) is 100 Å². The molecule has 0 aliphatic carbocycles. The second kappa shape index (κ2) is 72.6. The Kier molecular flexibility index (Phi) is 69.1. The molecule has 1 heterocycles. The van der Waals surface area contributed by atoms with Gasteiger partial charge in [0.1, 0.15) is 24.4 Å². The Balaban J connectivity index is 1.90. The Hall–Kier alpha value is -2.64. The maximum Gasteiger partial charge on any atom is 0.305 e. The van der Waals surface area contributed by atoms with Gasteiger partial charge in [-0.3, -0.25) is 9.59 Å². The molecule has 11 nitrogen and oxygen atoms in total. The highest BCUT2D eigenvalue weighted by atomic mass is 16.7. The van der Waals surface area contributed by atoms with Crippen LogP contribution in [0.1, 0.15) is 399 Å². The van der Waals surface area contributed by atoms with E-state index >= 15 is 0 Å². The van der Waals surface area contributed by atoms with Crippen LogP contribution >= 0.6 is 0 Å². The standard InChI is InChI=1S/C84H155NO10/c1-3-5-7-9-11-13-15-17-43-48-52-56-60-64-68-72-80(89)93-73-69-65-61-57-53-49-45-42-40-38-36-34-32-30-28-26-24-22-20-18-19-21-23-25-27-29-31-33-35-37-39-41-44-47-51-55-59-63-67-71-79(88)85-76(75-94-84-83(92)82(91)81(90)78(74-86)95-84)77(87)70-66-62-58-54-50-46-16-14-12-10-8-6-4-2/h12,14,18-19,22,24,50,54,66,70,76-78,81-84,86-87,90-92H,3-11,13,15-17,20-21,23,25-49,51-53,55-65,67-69,71-75H2,1-2H3,(H,85,88)/b14-12+,19-18-,24-22-,54-50+,70-66+. The summed E-state index contributed by atoms with van der Waals surface area (Å²) in [5.74, 6) is -0.175. The first-order chi connectivity index (χ1) is 46.7. The van der Waals surface area contributed by atoms with Gasteiger partial charge < -0.3 is 45.1 Å². The minimum absolute atomic E-state index is 0.0176. The van der Waals surface area contributed by atoms with Crippen molar-refractivity contribution >= 4 is 11.9 Å². The summed E-state index contributed by atoms with van der Waals surface area (Å²) in [6.45, 7) is 4.34. The molecule has 95 heavy (non-hydrogen) atoms. The van der Waals surface area contributed by atoms with Crippen molar-refractivity contribution in [3.63, 3.8) is 0 Å². The molecule has 7 unspecified atom stereocenters. The zero-order chi connectivity index (χ0) is 68.6. The monoisotopic (exact) mass is 1340 g/mol. The third-order valence-corrected chi connectivity index (χ3v) is 19.3. The quantitative estimate of drug-likeness (QED) is 0.0195. The van der Waals surface area contributed by atoms with Gasteiger partial charge in [-0.15, -0.1) is 0 Å². The van der Waals surface area contributed by atoms with Gasteiger partial charge in [0.2, 0.25) is 5.91 Å². The summed E-state index contributed by atoms with van der Waals surface area (Å²) in [5, 5.41) is 54.5. The Bertz CT molecular complexity index is 1770. The largest absolute Gasteiger partial charge is 0.466 e. The van der Waals surface area contributed by atoms with Crippen LogP contribution in [0, 0.1) is 0 Å². The van der Waals surface area contributed by atoms with Crippen molar-refractivity contribution in [1.82, 2.24) is 5.32 Å². The highest BCUT2D eigenvalue weighted by Crippen LogP contribution is 2.24. The minimum Gasteiger partial charge on any atom is -0.466 e. The normalized spacial score (nSPS) is 17.7. The van der Waals surface area contributed by atoms with Gasteiger partial charge in [-0.25, -0.2) is 0 Å². The van der Waals surface area contributed by atoms with Gasteiger partial charge in [0.05, 0.1) is 32.0 Å². The van der Waals surface area contributed by atoms with Gasteiger partial charge in [0.15, 0.2) is 6.29 Å². The highest BCUT2D eigenvalue weighted by molar-refractivity contribution is 5.76. The highest BCUT2D eigenvalue weighted by Gasteiger charge is 2.44. The first-order valence-electron chi connectivity index (χ1n) is 41.1. The van der Waals surface area contributed by atoms with Gasteiger partial charge in [0, 0.05) is 12.8 Å². The molecule has 0 saturated carbocycles. The van der Waals surface area contributed by atoms with E-state index in [2.05, 4.69) is 67.8 Å². The van der Waals surface area contributed by atoms with Crippen molar-refractivity contribution in [2.75, 3.05) is 19.8 Å². The number of allylic oxidation sites excluding steroid dienone is 9. The number of hydrogen-bond acceptors (Lipinski definition) is 10. The van der Waals surface area contributed by atoms with E-state index in [1.54, 1.807) is 6.08 Å². The fraction of sp³-hybridized carbons (Fsp3) is 0.857. The van der Waals surface area contributed by atoms with E-state index in [1.807, 2.05) is 6.08 Å². The predicted octanol–water partition coefficient (Wildman–Crippen LogP) is 22.4. The maximum absolute atomic E-state index is 13.1. The first kappa shape index (κ1) is 90.4. The SMILES string of the molecule is CCCCC/C=C/CC/C=C/CC/C=C/C(O)C(COC1OC(CO)C(O)C(O)C1O)NC(=O)CCCCCCCCCCCCCCCCCCC/C=C\C/C=C\CCCCCCCCCCCCCCCCCOC(=O)CCCCCCCCCCCCCCCCC. The van der Waals surface area contributed by atoms with Crippen LogP contribution in [0.5, 0.6) is 0 Å². The second-order valence-corrected chi connectivity index (χ2v) is 28.5. The van der Waals surface area contributed by atoms with Gasteiger partial charge in [-0.2, -0.15) is 0 Å². The number of esters is 1. The molecule has 0 radical (unpaired) electrons. The summed E-state index contributed by atoms with van der Waals surface area (Å²) in [4.78, 5) is 25.2. The van der Waals surface area contributed by atoms with Crippen molar-refractivity contribution in [2.24, 2.45) is 0 Å². The Morgan fingerprint density at radius 3 is 1.13 bits per heavy atom. The van der Waals surface area contributed by atoms with E-state index in [9.17, 15) is 35.1 Å². The van der Waals surface area contributed by atoms with Crippen LogP contribution < -0.4 is 5.32 Å². The van der Waals surface area contributed by atoms with Crippen LogP contribution in [0.4, 0.5) is 0 Å². The maximum atomic E-state index is 13.1. The van der Waals surface area contributed by atoms with Crippen molar-refractivity contribution in [3.8, 4) is 0 Å². The molecule has 1 saturated heterocycles. The molecule has 1 aliphatic rings. The van der Waals surface area contributed by atoms with Crippen LogP contribution in [0.25, 0.3) is 0 Å². The fourth-order valence-electron chi connectivity index (χ4n) is 12.9. The molecule has 0 aromatic rings. The van der Waals surface area contributed by atoms with Crippen LogP contribution in [0.3, 0.4) is 0 Å². The fourth-order valence-corrected chi connectivity index (χ4v) is 12.9. The molecule has 0 aromatic heterocycles. The van der Waals surface area contributed by atoms with Crippen LogP contribution in [0.15, 0.2) is 60.8 Å². The van der Waals surface area contributed by atoms with Gasteiger partial charge in [-0.1, -0.05) is 357 Å². The molecule has 7 atom stereocenters. The number of carbonyl (C=O) groups is 2. The molecule has 1 aliphatic heterocycles. The van der Waals surface area contributed by atoms with E-state index in [4.69, 9.17) is 14.2 Å². The summed E-state index contributed by atoms with van der Waals surface area (Å²) >= 11 is 0. The lowest BCUT2D eigenvalue weighted by Crippen LogP contribution is -2.60. The first-order valence-corrected chi connectivity index (χ1v) is 41.1. The number of unbranched alkanes of at least 4 members (excludes halogenated alkanes) is 51. The van der Waals surface area contributed by atoms with Crippen molar-refractivity contribution < 1.29 is 49.3 Å². The number of hydrogen-bond donors (Lipinski definition) is 6. The molecular weight excluding hydrogens is 1180 g/mol. The van der Waals surface area contributed by atoms with Gasteiger partial charge in [0.25, 0.3) is 0 Å². The average molecular weight is 1340 g/mol. The molecular formula is C84H155NO10. The Morgan fingerprint density at radius 2 is 0.716 bits per heavy atom. The summed E-state index contributed by atoms with van der Waals surface area (Å²) in [5.41, 5.74) is 0. The summed E-state index contributed by atoms with van der Waals surface area (Å²) in [6, 6.07) is -0.833. The number of carbonyl (C=O) groups excluding carboxylic acids is 2. The molecule has 0 aromatic carbocycles. The summed E-state index contributed by atoms with van der Waals surface area (Å²) in [6.07, 6.45) is 88.4. The average Bonchev–Trinajstić information content (AvgIpc) is 0.841. The number of aliphatic hydroxyl groups excluding tert-OH is 5. The van der Waals surface area contributed by atoms with Crippen LogP contribution in [-0.2, 0) is 23.8 Å². The Labute approximate surface area is 586 Å². The second-order valence-electron chi connectivity index (χ2n) is 28.5. The number of aliphatic hydroxyl groups is 5. The summed E-state index contributed by atoms with van der Waals surface area (Å²) < 4.78 is 16.8. The molecule has 1 rings (SSSR count). The van der Waals surface area contributed by atoms with Gasteiger partial charge in [-0.05, 0) is 89.9 Å². The van der Waals surface area contributed by atoms with Crippen molar-refractivity contribution in [2.45, 2.75) is 442 Å². The topological polar surface area (TPSA) is 175 Å². The van der Waals surface area contributed by atoms with E-state index in [-0.39, 0.29) is 18.5 Å². The van der Waals surface area contributed by atoms with Crippen molar-refractivity contribution in [1.29, 1.82) is 0 Å². The van der Waals surface area contributed by atoms with Gasteiger partial charge >= 0.3 is 5.97 Å². The molecule has 11 heteroatoms. The minimum atomic E-state index is -1.58. The third kappa shape index (κ3) is 61.0. The molecule has 1 fully saturated rings. The number of ether oxygens (including phenoxy) is 3. The zero-order valence-electron chi connectivity index (χ0n) is 62.1. The van der Waals surface area contributed by atoms with Crippen molar-refractivity contribution in [3.05, 3.63) is 60.8 Å². The zero-order valence-corrected chi connectivity index (χ0v) is 62.1. The summed E-state index contributed by atoms with van der Waals surface area (Å²) in [7, 11) is 0. The molecule has 0 bridgehead atoms. The smallest absolute Gasteiger partial charge is 0.305 e. The predicted molar refractivity (Wildman–Crippen MR) is 403 cm³/mol. The van der Waals surface area contributed by atoms with E-state index < -0.39 is 49.5 Å². The molecule has 6 N–H and O–H groups in total.